The predicted molar refractivity (Wildman–Crippen MR) is 75.9 cm³/mol. The van der Waals surface area contributed by atoms with Crippen LogP contribution in [0.15, 0.2) is 23.6 Å². The summed E-state index contributed by atoms with van der Waals surface area (Å²) in [5.41, 5.74) is 3.26. The first-order valence-electron chi connectivity index (χ1n) is 6.21. The number of rotatable bonds is 5. The Hall–Kier alpha value is -1.26. The molecule has 2 aromatic rings. The molecule has 1 N–H and O–H groups in total. The Kier molecular flexibility index (Phi) is 4.44. The van der Waals surface area contributed by atoms with E-state index in [-0.39, 0.29) is 0 Å². The summed E-state index contributed by atoms with van der Waals surface area (Å²) in [6.07, 6.45) is 2.19. The van der Waals surface area contributed by atoms with Gasteiger partial charge in [-0.15, -0.1) is 11.3 Å². The van der Waals surface area contributed by atoms with Gasteiger partial charge in [-0.25, -0.2) is 0 Å². The molecule has 0 aliphatic carbocycles. The zero-order valence-electron chi connectivity index (χ0n) is 11.1. The fraction of sp³-hybridized carbons (Fsp3) is 0.429. The lowest BCUT2D eigenvalue weighted by atomic mass is 10.0. The van der Waals surface area contributed by atoms with E-state index in [1.54, 1.807) is 0 Å². The summed E-state index contributed by atoms with van der Waals surface area (Å²) in [6, 6.07) is 6.79. The molecule has 0 aliphatic heterocycles. The van der Waals surface area contributed by atoms with E-state index in [1.165, 1.54) is 10.4 Å². The van der Waals surface area contributed by atoms with Crippen LogP contribution >= 0.6 is 11.3 Å². The van der Waals surface area contributed by atoms with Crippen molar-refractivity contribution in [1.82, 2.24) is 15.5 Å². The molecule has 2 heterocycles. The maximum absolute atomic E-state index is 4.21. The number of nitrogens with zero attached hydrogens (tertiary/aromatic N) is 2. The summed E-state index contributed by atoms with van der Waals surface area (Å²) in [5.74, 6) is 0. The van der Waals surface area contributed by atoms with Crippen molar-refractivity contribution in [2.24, 2.45) is 0 Å². The Morgan fingerprint density at radius 2 is 2.17 bits per heavy atom. The Bertz CT molecular complexity index is 494. The topological polar surface area (TPSA) is 37.8 Å². The lowest BCUT2D eigenvalue weighted by molar-refractivity contribution is 0.543. The maximum Gasteiger partial charge on any atom is 0.0648 e. The normalized spacial score (nSPS) is 12.6. The number of hydrogen-bond donors (Lipinski definition) is 1. The van der Waals surface area contributed by atoms with Crippen molar-refractivity contribution >= 4 is 11.3 Å². The van der Waals surface area contributed by atoms with Gasteiger partial charge in [0.1, 0.15) is 0 Å². The van der Waals surface area contributed by atoms with Gasteiger partial charge in [0.2, 0.25) is 0 Å². The molecule has 0 aromatic carbocycles. The van der Waals surface area contributed by atoms with Crippen LogP contribution in [0, 0.1) is 13.8 Å². The minimum Gasteiger partial charge on any atom is -0.313 e. The largest absolute Gasteiger partial charge is 0.313 e. The minimum absolute atomic E-state index is 0.348. The third-order valence-corrected chi connectivity index (χ3v) is 4.06. The quantitative estimate of drug-likeness (QED) is 0.899. The average Bonchev–Trinajstić information content (AvgIpc) is 2.87. The zero-order chi connectivity index (χ0) is 13.0. The highest BCUT2D eigenvalue weighted by Crippen LogP contribution is 2.22. The molecule has 0 radical (unpaired) electrons. The number of thiophene rings is 1. The monoisotopic (exact) mass is 261 g/mol. The molecule has 2 rings (SSSR count). The summed E-state index contributed by atoms with van der Waals surface area (Å²) in [7, 11) is 2.01. The van der Waals surface area contributed by atoms with Gasteiger partial charge in [-0.05, 0) is 56.8 Å². The van der Waals surface area contributed by atoms with Crippen LogP contribution in [0.4, 0.5) is 0 Å². The zero-order valence-corrected chi connectivity index (χ0v) is 11.9. The second kappa shape index (κ2) is 6.07. The number of nitrogens with one attached hydrogen (secondary N) is 1. The molecule has 0 aliphatic rings. The molecule has 0 spiro atoms. The molecule has 0 saturated carbocycles. The Morgan fingerprint density at radius 3 is 2.83 bits per heavy atom. The summed E-state index contributed by atoms with van der Waals surface area (Å²) < 4.78 is 0. The Balaban J connectivity index is 2.10. The van der Waals surface area contributed by atoms with E-state index in [2.05, 4.69) is 39.1 Å². The van der Waals surface area contributed by atoms with Crippen LogP contribution in [0.1, 0.15) is 34.3 Å². The lowest BCUT2D eigenvalue weighted by Gasteiger charge is -2.18. The fourth-order valence-electron chi connectivity index (χ4n) is 2.12. The van der Waals surface area contributed by atoms with E-state index in [9.17, 15) is 0 Å². The van der Waals surface area contributed by atoms with E-state index in [1.807, 2.05) is 32.2 Å². The first-order valence-corrected chi connectivity index (χ1v) is 7.09. The van der Waals surface area contributed by atoms with Gasteiger partial charge in [0.05, 0.1) is 11.4 Å². The molecular formula is C14H19N3S. The molecule has 3 nitrogen and oxygen atoms in total. The third kappa shape index (κ3) is 3.15. The van der Waals surface area contributed by atoms with E-state index < -0.39 is 0 Å². The van der Waals surface area contributed by atoms with Crippen molar-refractivity contribution in [3.8, 4) is 0 Å². The van der Waals surface area contributed by atoms with Crippen molar-refractivity contribution < 1.29 is 0 Å². The van der Waals surface area contributed by atoms with Crippen LogP contribution in [-0.2, 0) is 6.42 Å². The molecule has 18 heavy (non-hydrogen) atoms. The van der Waals surface area contributed by atoms with Crippen molar-refractivity contribution in [2.75, 3.05) is 7.05 Å². The maximum atomic E-state index is 4.21. The molecule has 0 amide bonds. The van der Waals surface area contributed by atoms with Crippen molar-refractivity contribution in [3.05, 3.63) is 45.4 Å². The van der Waals surface area contributed by atoms with Crippen LogP contribution in [0.3, 0.4) is 0 Å². The molecule has 0 saturated heterocycles. The molecule has 2 aromatic heterocycles. The average molecular weight is 261 g/mol. The highest BCUT2D eigenvalue weighted by molar-refractivity contribution is 7.09. The summed E-state index contributed by atoms with van der Waals surface area (Å²) in [5, 5.41) is 13.8. The second-order valence-corrected chi connectivity index (χ2v) is 5.52. The molecule has 1 unspecified atom stereocenters. The van der Waals surface area contributed by atoms with Crippen LogP contribution in [-0.4, -0.2) is 17.2 Å². The van der Waals surface area contributed by atoms with Crippen molar-refractivity contribution in [3.63, 3.8) is 0 Å². The fourth-order valence-corrected chi connectivity index (χ4v) is 2.84. The highest BCUT2D eigenvalue weighted by Gasteiger charge is 2.13. The third-order valence-electron chi connectivity index (χ3n) is 3.12. The van der Waals surface area contributed by atoms with E-state index >= 15 is 0 Å². The number of aryl methyl sites for hydroxylation is 3. The first kappa shape index (κ1) is 13.2. The van der Waals surface area contributed by atoms with Gasteiger partial charge >= 0.3 is 0 Å². The molecule has 1 atom stereocenters. The minimum atomic E-state index is 0.348. The SMILES string of the molecule is CNC(CCc1cccs1)c1cc(C)nnc1C. The van der Waals surface area contributed by atoms with E-state index in [0.717, 1.165) is 24.2 Å². The van der Waals surface area contributed by atoms with E-state index in [4.69, 9.17) is 0 Å². The molecule has 0 bridgehead atoms. The molecular weight excluding hydrogens is 242 g/mol. The second-order valence-electron chi connectivity index (χ2n) is 4.49. The Labute approximate surface area is 112 Å². The van der Waals surface area contributed by atoms with Crippen LogP contribution < -0.4 is 5.32 Å². The Morgan fingerprint density at radius 1 is 1.33 bits per heavy atom. The van der Waals surface area contributed by atoms with Gasteiger partial charge in [0.25, 0.3) is 0 Å². The first-order chi connectivity index (χ1) is 8.70. The molecule has 96 valence electrons. The van der Waals surface area contributed by atoms with Gasteiger partial charge < -0.3 is 5.32 Å². The van der Waals surface area contributed by atoms with Crippen LogP contribution in [0.5, 0.6) is 0 Å². The van der Waals surface area contributed by atoms with E-state index in [0.29, 0.717) is 6.04 Å². The van der Waals surface area contributed by atoms with Crippen molar-refractivity contribution in [2.45, 2.75) is 32.7 Å². The standard InChI is InChI=1S/C14H19N3S/c1-10-9-13(11(2)17-16-10)14(15-3)7-6-12-5-4-8-18-12/h4-5,8-9,14-15H,6-7H2,1-3H3. The van der Waals surface area contributed by atoms with Gasteiger partial charge in [-0.1, -0.05) is 6.07 Å². The highest BCUT2D eigenvalue weighted by atomic mass is 32.1. The molecule has 4 heteroatoms. The molecule has 0 fully saturated rings. The van der Waals surface area contributed by atoms with Crippen LogP contribution in [0.25, 0.3) is 0 Å². The van der Waals surface area contributed by atoms with Gasteiger partial charge in [-0.3, -0.25) is 0 Å². The smallest absolute Gasteiger partial charge is 0.0648 e. The summed E-state index contributed by atoms with van der Waals surface area (Å²) >= 11 is 1.82. The predicted octanol–water partition coefficient (Wildman–Crippen LogP) is 3.05. The van der Waals surface area contributed by atoms with Gasteiger partial charge in [0.15, 0.2) is 0 Å². The van der Waals surface area contributed by atoms with Gasteiger partial charge in [-0.2, -0.15) is 10.2 Å². The lowest BCUT2D eigenvalue weighted by Crippen LogP contribution is -2.19. The summed E-state index contributed by atoms with van der Waals surface area (Å²) in [4.78, 5) is 1.44. The number of aromatic nitrogens is 2. The summed E-state index contributed by atoms with van der Waals surface area (Å²) in [6.45, 7) is 4.01. The van der Waals surface area contributed by atoms with Crippen molar-refractivity contribution in [1.29, 1.82) is 0 Å². The van der Waals surface area contributed by atoms with Gasteiger partial charge in [0, 0.05) is 10.9 Å². The van der Waals surface area contributed by atoms with Crippen LogP contribution in [0.2, 0.25) is 0 Å². The number of hydrogen-bond acceptors (Lipinski definition) is 4.